The minimum atomic E-state index is -0.294. The van der Waals surface area contributed by atoms with Crippen LogP contribution < -0.4 is 11.1 Å². The summed E-state index contributed by atoms with van der Waals surface area (Å²) in [7, 11) is 0. The van der Waals surface area contributed by atoms with Crippen LogP contribution in [0.4, 0.5) is 5.69 Å². The number of amides is 2. The van der Waals surface area contributed by atoms with Gasteiger partial charge < -0.3 is 20.5 Å². The van der Waals surface area contributed by atoms with Crippen LogP contribution in [0.15, 0.2) is 22.7 Å². The number of anilines is 1. The zero-order valence-electron chi connectivity index (χ0n) is 18.6. The quantitative estimate of drug-likeness (QED) is 0.629. The second kappa shape index (κ2) is 9.40. The summed E-state index contributed by atoms with van der Waals surface area (Å²) in [5, 5.41) is 7.42. The Balaban J connectivity index is 1.87. The number of carbonyl (C=O) groups is 2. The Kier molecular flexibility index (Phi) is 7.06. The summed E-state index contributed by atoms with van der Waals surface area (Å²) in [6, 6.07) is 5.37. The van der Waals surface area contributed by atoms with E-state index in [9.17, 15) is 9.59 Å². The summed E-state index contributed by atoms with van der Waals surface area (Å²) < 4.78 is 5.20. The van der Waals surface area contributed by atoms with Crippen molar-refractivity contribution >= 4 is 29.1 Å². The zero-order chi connectivity index (χ0) is 22.8. The first-order valence-electron chi connectivity index (χ1n) is 10.6. The van der Waals surface area contributed by atoms with Gasteiger partial charge in [-0.15, -0.1) is 0 Å². The van der Waals surface area contributed by atoms with Crippen LogP contribution in [-0.4, -0.2) is 35.0 Å². The molecule has 0 bridgehead atoms. The van der Waals surface area contributed by atoms with Crippen LogP contribution in [0.2, 0.25) is 5.02 Å². The molecule has 1 aromatic carbocycles. The van der Waals surface area contributed by atoms with Crippen molar-refractivity contribution in [3.8, 4) is 0 Å². The number of nitrogens with zero attached hydrogens (tertiary/aromatic N) is 2. The highest BCUT2D eigenvalue weighted by Crippen LogP contribution is 2.29. The third-order valence-corrected chi connectivity index (χ3v) is 6.23. The highest BCUT2D eigenvalue weighted by Gasteiger charge is 2.29. The molecule has 3 N–H and O–H groups in total. The standard InChI is InChI=1S/C23H31ClN4O3/c1-14-20(15(2)31-27-14)22(30)28(13-23(3,4)12-25)11-17-10-18(8-9-19(17)24)26-21(29)16-6-5-7-16/h8-10,16H,5-7,11-13,25H2,1-4H3,(H,26,29). The number of rotatable bonds is 8. The Morgan fingerprint density at radius 1 is 1.32 bits per heavy atom. The second-order valence-corrected chi connectivity index (χ2v) is 9.56. The van der Waals surface area contributed by atoms with Crippen molar-refractivity contribution in [3.63, 3.8) is 0 Å². The van der Waals surface area contributed by atoms with E-state index < -0.39 is 0 Å². The maximum absolute atomic E-state index is 13.4. The summed E-state index contributed by atoms with van der Waals surface area (Å²) >= 11 is 6.47. The monoisotopic (exact) mass is 446 g/mol. The Bertz CT molecular complexity index is 946. The summed E-state index contributed by atoms with van der Waals surface area (Å²) in [5.41, 5.74) is 8.08. The second-order valence-electron chi connectivity index (χ2n) is 9.15. The van der Waals surface area contributed by atoms with Gasteiger partial charge in [-0.05, 0) is 62.4 Å². The molecule has 1 saturated carbocycles. The van der Waals surface area contributed by atoms with E-state index in [0.717, 1.165) is 24.8 Å². The zero-order valence-corrected chi connectivity index (χ0v) is 19.4. The van der Waals surface area contributed by atoms with Gasteiger partial charge in [0.05, 0.1) is 5.69 Å². The predicted molar refractivity (Wildman–Crippen MR) is 121 cm³/mol. The third kappa shape index (κ3) is 5.46. The Morgan fingerprint density at radius 2 is 2.03 bits per heavy atom. The lowest BCUT2D eigenvalue weighted by Gasteiger charge is -2.32. The van der Waals surface area contributed by atoms with E-state index in [0.29, 0.717) is 40.8 Å². The number of nitrogens with two attached hydrogens (primary N) is 1. The molecule has 8 heteroatoms. The summed E-state index contributed by atoms with van der Waals surface area (Å²) in [6.45, 7) is 8.63. The molecule has 31 heavy (non-hydrogen) atoms. The van der Waals surface area contributed by atoms with Crippen LogP contribution in [0.3, 0.4) is 0 Å². The third-order valence-electron chi connectivity index (χ3n) is 5.86. The van der Waals surface area contributed by atoms with Crippen molar-refractivity contribution in [2.75, 3.05) is 18.4 Å². The molecule has 2 amide bonds. The summed E-state index contributed by atoms with van der Waals surface area (Å²) in [4.78, 5) is 27.5. The van der Waals surface area contributed by atoms with Crippen LogP contribution >= 0.6 is 11.6 Å². The van der Waals surface area contributed by atoms with Gasteiger partial charge in [-0.25, -0.2) is 0 Å². The molecule has 0 atom stereocenters. The van der Waals surface area contributed by atoms with E-state index >= 15 is 0 Å². The molecule has 0 spiro atoms. The lowest BCUT2D eigenvalue weighted by atomic mass is 9.85. The molecule has 3 rings (SSSR count). The van der Waals surface area contributed by atoms with Gasteiger partial charge in [-0.1, -0.05) is 37.0 Å². The van der Waals surface area contributed by atoms with Crippen LogP contribution in [0.5, 0.6) is 0 Å². The van der Waals surface area contributed by atoms with E-state index in [-0.39, 0.29) is 29.7 Å². The topological polar surface area (TPSA) is 101 Å². The predicted octanol–water partition coefficient (Wildman–Crippen LogP) is 4.31. The molecule has 1 aliphatic carbocycles. The molecule has 1 heterocycles. The van der Waals surface area contributed by atoms with Crippen molar-refractivity contribution in [2.24, 2.45) is 17.1 Å². The number of hydrogen-bond acceptors (Lipinski definition) is 5. The van der Waals surface area contributed by atoms with E-state index in [1.165, 1.54) is 0 Å². The first-order chi connectivity index (χ1) is 14.6. The van der Waals surface area contributed by atoms with Gasteiger partial charge in [0.25, 0.3) is 5.91 Å². The van der Waals surface area contributed by atoms with Crippen LogP contribution in [0.25, 0.3) is 0 Å². The fourth-order valence-electron chi connectivity index (χ4n) is 3.62. The molecule has 1 aromatic heterocycles. The number of aromatic nitrogens is 1. The maximum Gasteiger partial charge on any atom is 0.259 e. The Labute approximate surface area is 188 Å². The largest absolute Gasteiger partial charge is 0.361 e. The van der Waals surface area contributed by atoms with Gasteiger partial charge in [0, 0.05) is 29.7 Å². The number of carbonyl (C=O) groups excluding carboxylic acids is 2. The molecule has 0 saturated heterocycles. The molecular formula is C23H31ClN4O3. The Morgan fingerprint density at radius 3 is 2.58 bits per heavy atom. The molecule has 2 aromatic rings. The first kappa shape index (κ1) is 23.3. The van der Waals surface area contributed by atoms with Gasteiger partial charge in [-0.2, -0.15) is 0 Å². The molecule has 1 aliphatic rings. The highest BCUT2D eigenvalue weighted by atomic mass is 35.5. The Hall–Kier alpha value is -2.38. The normalized spacial score (nSPS) is 14.3. The van der Waals surface area contributed by atoms with Gasteiger partial charge in [0.1, 0.15) is 11.3 Å². The average molecular weight is 447 g/mol. The molecule has 0 unspecified atom stereocenters. The molecule has 168 valence electrons. The van der Waals surface area contributed by atoms with Gasteiger partial charge in [0.15, 0.2) is 0 Å². The fourth-order valence-corrected chi connectivity index (χ4v) is 3.80. The summed E-state index contributed by atoms with van der Waals surface area (Å²) in [6.07, 6.45) is 2.96. The molecule has 7 nitrogen and oxygen atoms in total. The number of nitrogens with one attached hydrogen (secondary N) is 1. The smallest absolute Gasteiger partial charge is 0.259 e. The van der Waals surface area contributed by atoms with Crippen LogP contribution in [0.1, 0.15) is 60.5 Å². The van der Waals surface area contributed by atoms with E-state index in [4.69, 9.17) is 21.9 Å². The molecule has 0 aliphatic heterocycles. The lowest BCUT2D eigenvalue weighted by Crippen LogP contribution is -2.42. The maximum atomic E-state index is 13.4. The minimum Gasteiger partial charge on any atom is -0.361 e. The fraction of sp³-hybridized carbons (Fsp3) is 0.522. The SMILES string of the molecule is Cc1noc(C)c1C(=O)N(Cc1cc(NC(=O)C2CCC2)ccc1Cl)CC(C)(C)CN. The first-order valence-corrected chi connectivity index (χ1v) is 11.0. The number of hydrogen-bond donors (Lipinski definition) is 2. The van der Waals surface area contributed by atoms with Crippen LogP contribution in [0, 0.1) is 25.2 Å². The van der Waals surface area contributed by atoms with Crippen molar-refractivity contribution < 1.29 is 14.1 Å². The van der Waals surface area contributed by atoms with Crippen molar-refractivity contribution in [2.45, 2.75) is 53.5 Å². The molecule has 0 radical (unpaired) electrons. The number of benzene rings is 1. The molecular weight excluding hydrogens is 416 g/mol. The van der Waals surface area contributed by atoms with Crippen molar-refractivity contribution in [1.29, 1.82) is 0 Å². The van der Waals surface area contributed by atoms with E-state index in [2.05, 4.69) is 10.5 Å². The summed E-state index contributed by atoms with van der Waals surface area (Å²) in [5.74, 6) is 0.415. The van der Waals surface area contributed by atoms with Gasteiger partial charge in [-0.3, -0.25) is 9.59 Å². The van der Waals surface area contributed by atoms with E-state index in [1.54, 1.807) is 30.9 Å². The number of aryl methyl sites for hydroxylation is 2. The van der Waals surface area contributed by atoms with Crippen LogP contribution in [-0.2, 0) is 11.3 Å². The lowest BCUT2D eigenvalue weighted by molar-refractivity contribution is -0.122. The van der Waals surface area contributed by atoms with Gasteiger partial charge >= 0.3 is 0 Å². The highest BCUT2D eigenvalue weighted by molar-refractivity contribution is 6.31. The molecule has 1 fully saturated rings. The number of halogens is 1. The average Bonchev–Trinajstić information content (AvgIpc) is 3.00. The minimum absolute atomic E-state index is 0.0347. The van der Waals surface area contributed by atoms with E-state index in [1.807, 2.05) is 19.9 Å². The van der Waals surface area contributed by atoms with Crippen molar-refractivity contribution in [1.82, 2.24) is 10.1 Å². The van der Waals surface area contributed by atoms with Crippen molar-refractivity contribution in [3.05, 3.63) is 45.8 Å². The van der Waals surface area contributed by atoms with Gasteiger partial charge in [0.2, 0.25) is 5.91 Å².